The van der Waals surface area contributed by atoms with E-state index < -0.39 is 0 Å². The van der Waals surface area contributed by atoms with Gasteiger partial charge in [-0.05, 0) is 25.2 Å². The van der Waals surface area contributed by atoms with Crippen LogP contribution in [0.4, 0.5) is 0 Å². The van der Waals surface area contributed by atoms with Crippen molar-refractivity contribution in [2.45, 2.75) is 58.0 Å². The van der Waals surface area contributed by atoms with E-state index in [1.54, 1.807) is 4.90 Å². The van der Waals surface area contributed by atoms with E-state index in [2.05, 4.69) is 19.9 Å². The van der Waals surface area contributed by atoms with Crippen LogP contribution in [-0.4, -0.2) is 29.4 Å². The fourth-order valence-electron chi connectivity index (χ4n) is 2.39. The molecule has 3 unspecified atom stereocenters. The lowest BCUT2D eigenvalue weighted by atomic mass is 9.95. The van der Waals surface area contributed by atoms with E-state index in [-0.39, 0.29) is 18.0 Å². The van der Waals surface area contributed by atoms with Gasteiger partial charge in [-0.3, -0.25) is 4.79 Å². The topological polar surface area (TPSA) is 70.1 Å². The Labute approximate surface area is 104 Å². The molecule has 1 heterocycles. The summed E-state index contributed by atoms with van der Waals surface area (Å²) < 4.78 is 0. The van der Waals surface area contributed by atoms with Crippen LogP contribution in [-0.2, 0) is 4.79 Å². The van der Waals surface area contributed by atoms with Gasteiger partial charge in [-0.1, -0.05) is 20.3 Å². The molecule has 4 nitrogen and oxygen atoms in total. The summed E-state index contributed by atoms with van der Waals surface area (Å²) in [7, 11) is 0. The molecule has 96 valence electrons. The van der Waals surface area contributed by atoms with Crippen molar-refractivity contribution in [3.63, 3.8) is 0 Å². The van der Waals surface area contributed by atoms with Gasteiger partial charge in [0.05, 0.1) is 6.07 Å². The van der Waals surface area contributed by atoms with Gasteiger partial charge >= 0.3 is 0 Å². The van der Waals surface area contributed by atoms with Crippen LogP contribution in [0.3, 0.4) is 0 Å². The first-order chi connectivity index (χ1) is 8.10. The SMILES string of the molecule is CCCC(C)C(N)CC(=O)N1CCCC1C#N. The van der Waals surface area contributed by atoms with Crippen molar-refractivity contribution in [2.24, 2.45) is 11.7 Å². The third-order valence-corrected chi connectivity index (χ3v) is 3.61. The van der Waals surface area contributed by atoms with Crippen LogP contribution in [0.5, 0.6) is 0 Å². The molecule has 4 heteroatoms. The van der Waals surface area contributed by atoms with E-state index >= 15 is 0 Å². The molecule has 1 aliphatic heterocycles. The maximum absolute atomic E-state index is 12.0. The number of likely N-dealkylation sites (tertiary alicyclic amines) is 1. The summed E-state index contributed by atoms with van der Waals surface area (Å²) in [5, 5.41) is 8.94. The number of nitrogens with zero attached hydrogens (tertiary/aromatic N) is 2. The maximum Gasteiger partial charge on any atom is 0.225 e. The molecule has 3 atom stereocenters. The van der Waals surface area contributed by atoms with E-state index in [1.165, 1.54) is 0 Å². The highest BCUT2D eigenvalue weighted by molar-refractivity contribution is 5.77. The minimum absolute atomic E-state index is 0.0458. The molecule has 0 spiro atoms. The summed E-state index contributed by atoms with van der Waals surface area (Å²) in [4.78, 5) is 13.7. The van der Waals surface area contributed by atoms with Crippen molar-refractivity contribution in [2.75, 3.05) is 6.54 Å². The zero-order valence-electron chi connectivity index (χ0n) is 10.9. The molecule has 1 rings (SSSR count). The summed E-state index contributed by atoms with van der Waals surface area (Å²) in [5.74, 6) is 0.414. The number of nitriles is 1. The van der Waals surface area contributed by atoms with Crippen LogP contribution >= 0.6 is 0 Å². The maximum atomic E-state index is 12.0. The van der Waals surface area contributed by atoms with Gasteiger partial charge in [0.25, 0.3) is 0 Å². The standard InChI is InChI=1S/C13H23N3O/c1-3-5-10(2)12(15)8-13(17)16-7-4-6-11(16)9-14/h10-12H,3-8,15H2,1-2H3. The molecule has 0 aliphatic carbocycles. The lowest BCUT2D eigenvalue weighted by Gasteiger charge is -2.24. The van der Waals surface area contributed by atoms with E-state index in [4.69, 9.17) is 11.0 Å². The van der Waals surface area contributed by atoms with Gasteiger partial charge in [0.2, 0.25) is 5.91 Å². The van der Waals surface area contributed by atoms with Crippen LogP contribution in [0, 0.1) is 17.2 Å². The zero-order valence-corrected chi connectivity index (χ0v) is 10.9. The Bertz CT molecular complexity index is 298. The van der Waals surface area contributed by atoms with E-state index in [9.17, 15) is 4.79 Å². The monoisotopic (exact) mass is 237 g/mol. The van der Waals surface area contributed by atoms with E-state index in [0.29, 0.717) is 18.9 Å². The predicted molar refractivity (Wildman–Crippen MR) is 67.0 cm³/mol. The predicted octanol–water partition coefficient (Wildman–Crippen LogP) is 1.65. The second-order valence-corrected chi connectivity index (χ2v) is 5.01. The second-order valence-electron chi connectivity index (χ2n) is 5.01. The van der Waals surface area contributed by atoms with Crippen LogP contribution in [0.2, 0.25) is 0 Å². The number of carbonyl (C=O) groups excluding carboxylic acids is 1. The van der Waals surface area contributed by atoms with Gasteiger partial charge in [-0.2, -0.15) is 5.26 Å². The van der Waals surface area contributed by atoms with Crippen molar-refractivity contribution in [1.82, 2.24) is 4.90 Å². The van der Waals surface area contributed by atoms with Crippen molar-refractivity contribution < 1.29 is 4.79 Å². The lowest BCUT2D eigenvalue weighted by Crippen LogP contribution is -2.40. The lowest BCUT2D eigenvalue weighted by molar-refractivity contribution is -0.131. The van der Waals surface area contributed by atoms with Gasteiger partial charge in [0, 0.05) is 19.0 Å². The van der Waals surface area contributed by atoms with Crippen molar-refractivity contribution in [3.8, 4) is 6.07 Å². The Morgan fingerprint density at radius 1 is 1.65 bits per heavy atom. The minimum atomic E-state index is -0.226. The highest BCUT2D eigenvalue weighted by Gasteiger charge is 2.29. The number of hydrogen-bond acceptors (Lipinski definition) is 3. The Morgan fingerprint density at radius 3 is 2.94 bits per heavy atom. The van der Waals surface area contributed by atoms with Crippen LogP contribution in [0.15, 0.2) is 0 Å². The summed E-state index contributed by atoms with van der Waals surface area (Å²) in [6.45, 7) is 4.93. The Hall–Kier alpha value is -1.08. The van der Waals surface area contributed by atoms with Gasteiger partial charge in [0.1, 0.15) is 6.04 Å². The summed E-state index contributed by atoms with van der Waals surface area (Å²) in [6.07, 6.45) is 4.26. The van der Waals surface area contributed by atoms with E-state index in [0.717, 1.165) is 25.7 Å². The molecule has 0 bridgehead atoms. The zero-order chi connectivity index (χ0) is 12.8. The molecule has 2 N–H and O–H groups in total. The Kier molecular flexibility index (Phi) is 5.43. The van der Waals surface area contributed by atoms with Crippen molar-refractivity contribution >= 4 is 5.91 Å². The molecule has 1 aliphatic rings. The number of amides is 1. The minimum Gasteiger partial charge on any atom is -0.327 e. The third-order valence-electron chi connectivity index (χ3n) is 3.61. The molecule has 0 aromatic rings. The van der Waals surface area contributed by atoms with E-state index in [1.807, 2.05) is 0 Å². The molecular formula is C13H23N3O. The molecule has 0 aromatic heterocycles. The number of rotatable bonds is 5. The van der Waals surface area contributed by atoms with Gasteiger partial charge < -0.3 is 10.6 Å². The number of nitrogens with two attached hydrogens (primary N) is 1. The molecule has 17 heavy (non-hydrogen) atoms. The number of carbonyl (C=O) groups is 1. The second kappa shape index (κ2) is 6.61. The molecule has 0 aromatic carbocycles. The first-order valence-electron chi connectivity index (χ1n) is 6.54. The first kappa shape index (κ1) is 14.0. The highest BCUT2D eigenvalue weighted by Crippen LogP contribution is 2.19. The fraction of sp³-hybridized carbons (Fsp3) is 0.846. The molecule has 0 saturated carbocycles. The van der Waals surface area contributed by atoms with Crippen molar-refractivity contribution in [1.29, 1.82) is 5.26 Å². The summed E-state index contributed by atoms with van der Waals surface area (Å²) in [6, 6.07) is 1.88. The smallest absolute Gasteiger partial charge is 0.225 e. The van der Waals surface area contributed by atoms with Gasteiger partial charge in [-0.15, -0.1) is 0 Å². The molecule has 0 radical (unpaired) electrons. The Balaban J connectivity index is 2.46. The quantitative estimate of drug-likeness (QED) is 0.790. The third kappa shape index (κ3) is 3.71. The molecule has 1 fully saturated rings. The normalized spacial score (nSPS) is 23.2. The van der Waals surface area contributed by atoms with Gasteiger partial charge in [0.15, 0.2) is 0 Å². The largest absolute Gasteiger partial charge is 0.327 e. The molecule has 1 amide bonds. The fourth-order valence-corrected chi connectivity index (χ4v) is 2.39. The van der Waals surface area contributed by atoms with Gasteiger partial charge in [-0.25, -0.2) is 0 Å². The summed E-state index contributed by atoms with van der Waals surface area (Å²) in [5.41, 5.74) is 6.03. The van der Waals surface area contributed by atoms with Crippen LogP contribution < -0.4 is 5.73 Å². The highest BCUT2D eigenvalue weighted by atomic mass is 16.2. The molecule has 1 saturated heterocycles. The first-order valence-corrected chi connectivity index (χ1v) is 6.54. The average Bonchev–Trinajstić information content (AvgIpc) is 2.77. The number of hydrogen-bond donors (Lipinski definition) is 1. The van der Waals surface area contributed by atoms with Crippen molar-refractivity contribution in [3.05, 3.63) is 0 Å². The Morgan fingerprint density at radius 2 is 2.35 bits per heavy atom. The summed E-state index contributed by atoms with van der Waals surface area (Å²) >= 11 is 0. The average molecular weight is 237 g/mol. The molecular weight excluding hydrogens is 214 g/mol. The van der Waals surface area contributed by atoms with Crippen LogP contribution in [0.1, 0.15) is 46.0 Å². The van der Waals surface area contributed by atoms with Crippen LogP contribution in [0.25, 0.3) is 0 Å².